The van der Waals surface area contributed by atoms with Crippen LogP contribution in [-0.4, -0.2) is 12.6 Å². The van der Waals surface area contributed by atoms with Crippen LogP contribution >= 0.6 is 0 Å². The molecule has 11 heavy (non-hydrogen) atoms. The van der Waals surface area contributed by atoms with Gasteiger partial charge in [-0.25, -0.2) is 0 Å². The Labute approximate surface area is 67.2 Å². The van der Waals surface area contributed by atoms with Gasteiger partial charge in [-0.3, -0.25) is 4.79 Å². The summed E-state index contributed by atoms with van der Waals surface area (Å²) in [4.78, 5) is 11.1. The van der Waals surface area contributed by atoms with Crippen molar-refractivity contribution in [3.8, 4) is 0 Å². The predicted octanol–water partition coefficient (Wildman–Crippen LogP) is 1.76. The van der Waals surface area contributed by atoms with Crippen LogP contribution in [0.15, 0.2) is 12.7 Å². The number of carbonyl (C=O) groups excluding carboxylic acids is 1. The van der Waals surface area contributed by atoms with Crippen LogP contribution in [-0.2, 0) is 9.53 Å². The zero-order valence-corrected chi connectivity index (χ0v) is 6.88. The number of carbonyl (C=O) groups is 1. The molecular weight excluding hydrogens is 140 g/mol. The minimum Gasteiger partial charge on any atom is -0.465 e. The molecule has 2 atom stereocenters. The van der Waals surface area contributed by atoms with E-state index in [1.54, 1.807) is 6.08 Å². The van der Waals surface area contributed by atoms with Crippen molar-refractivity contribution in [1.29, 1.82) is 0 Å². The molecule has 0 spiro atoms. The fourth-order valence-corrected chi connectivity index (χ4v) is 1.39. The summed E-state index contributed by atoms with van der Waals surface area (Å²) in [5, 5.41) is 0. The second kappa shape index (κ2) is 3.56. The molecule has 0 aliphatic carbocycles. The molecule has 0 aromatic heterocycles. The molecule has 0 radical (unpaired) electrons. The van der Waals surface area contributed by atoms with Crippen molar-refractivity contribution in [2.45, 2.75) is 19.8 Å². The van der Waals surface area contributed by atoms with E-state index >= 15 is 0 Å². The SMILES string of the molecule is C=CCC1C[C@H](C)COC1=O. The summed E-state index contributed by atoms with van der Waals surface area (Å²) >= 11 is 0. The Morgan fingerprint density at radius 3 is 3.18 bits per heavy atom. The molecule has 1 saturated heterocycles. The Morgan fingerprint density at radius 2 is 2.55 bits per heavy atom. The van der Waals surface area contributed by atoms with E-state index in [0.29, 0.717) is 12.5 Å². The van der Waals surface area contributed by atoms with Crippen LogP contribution in [0.5, 0.6) is 0 Å². The van der Waals surface area contributed by atoms with Gasteiger partial charge in [0.05, 0.1) is 12.5 Å². The average Bonchev–Trinajstić information content (AvgIpc) is 1.98. The Morgan fingerprint density at radius 1 is 1.82 bits per heavy atom. The molecule has 0 amide bonds. The molecular formula is C9H14O2. The maximum atomic E-state index is 11.1. The summed E-state index contributed by atoms with van der Waals surface area (Å²) in [5.74, 6) is 0.525. The van der Waals surface area contributed by atoms with Crippen molar-refractivity contribution in [2.24, 2.45) is 11.8 Å². The van der Waals surface area contributed by atoms with E-state index < -0.39 is 0 Å². The summed E-state index contributed by atoms with van der Waals surface area (Å²) < 4.78 is 4.97. The van der Waals surface area contributed by atoms with Gasteiger partial charge in [0.2, 0.25) is 0 Å². The van der Waals surface area contributed by atoms with E-state index in [0.717, 1.165) is 12.8 Å². The molecule has 1 aliphatic heterocycles. The third kappa shape index (κ3) is 2.07. The number of ether oxygens (including phenoxy) is 1. The topological polar surface area (TPSA) is 26.3 Å². The first-order valence-electron chi connectivity index (χ1n) is 4.01. The van der Waals surface area contributed by atoms with Crippen molar-refractivity contribution in [2.75, 3.05) is 6.61 Å². The predicted molar refractivity (Wildman–Crippen MR) is 43.0 cm³/mol. The van der Waals surface area contributed by atoms with E-state index in [1.807, 2.05) is 0 Å². The summed E-state index contributed by atoms with van der Waals surface area (Å²) in [7, 11) is 0. The van der Waals surface area contributed by atoms with Gasteiger partial charge in [-0.05, 0) is 18.8 Å². The van der Waals surface area contributed by atoms with Gasteiger partial charge in [-0.15, -0.1) is 6.58 Å². The van der Waals surface area contributed by atoms with E-state index in [2.05, 4.69) is 13.5 Å². The number of cyclic esters (lactones) is 1. The highest BCUT2D eigenvalue weighted by molar-refractivity contribution is 5.73. The molecule has 1 aliphatic rings. The standard InChI is InChI=1S/C9H14O2/c1-3-4-8-5-7(2)6-11-9(8)10/h3,7-8H,1,4-6H2,2H3/t7-,8?/m0/s1. The number of esters is 1. The molecule has 2 heteroatoms. The second-order valence-corrected chi connectivity index (χ2v) is 3.19. The van der Waals surface area contributed by atoms with Gasteiger partial charge in [0.15, 0.2) is 0 Å². The number of allylic oxidation sites excluding steroid dienone is 1. The number of hydrogen-bond acceptors (Lipinski definition) is 2. The van der Waals surface area contributed by atoms with E-state index in [9.17, 15) is 4.79 Å². The largest absolute Gasteiger partial charge is 0.465 e. The molecule has 2 nitrogen and oxygen atoms in total. The first kappa shape index (κ1) is 8.31. The van der Waals surface area contributed by atoms with Gasteiger partial charge < -0.3 is 4.74 Å². The fourth-order valence-electron chi connectivity index (χ4n) is 1.39. The van der Waals surface area contributed by atoms with Crippen LogP contribution in [0.1, 0.15) is 19.8 Å². The summed E-state index contributed by atoms with van der Waals surface area (Å²) in [6, 6.07) is 0. The van der Waals surface area contributed by atoms with Crippen LogP contribution in [0.25, 0.3) is 0 Å². The Bertz CT molecular complexity index is 163. The highest BCUT2D eigenvalue weighted by Crippen LogP contribution is 2.22. The lowest BCUT2D eigenvalue weighted by atomic mass is 9.91. The zero-order valence-electron chi connectivity index (χ0n) is 6.88. The normalized spacial score (nSPS) is 31.2. The third-order valence-electron chi connectivity index (χ3n) is 1.98. The van der Waals surface area contributed by atoms with Crippen LogP contribution in [0.2, 0.25) is 0 Å². The van der Waals surface area contributed by atoms with E-state index in [4.69, 9.17) is 4.74 Å². The maximum absolute atomic E-state index is 11.1. The van der Waals surface area contributed by atoms with Crippen LogP contribution in [0.3, 0.4) is 0 Å². The molecule has 0 bridgehead atoms. The average molecular weight is 154 g/mol. The zero-order chi connectivity index (χ0) is 8.27. The summed E-state index contributed by atoms with van der Waals surface area (Å²) in [6.45, 7) is 6.30. The molecule has 0 N–H and O–H groups in total. The van der Waals surface area contributed by atoms with Crippen LogP contribution in [0, 0.1) is 11.8 Å². The number of rotatable bonds is 2. The Hall–Kier alpha value is -0.790. The molecule has 0 aromatic rings. The van der Waals surface area contributed by atoms with E-state index in [-0.39, 0.29) is 11.9 Å². The van der Waals surface area contributed by atoms with Gasteiger partial charge in [-0.1, -0.05) is 13.0 Å². The fraction of sp³-hybridized carbons (Fsp3) is 0.667. The van der Waals surface area contributed by atoms with Crippen LogP contribution in [0.4, 0.5) is 0 Å². The highest BCUT2D eigenvalue weighted by Gasteiger charge is 2.26. The smallest absolute Gasteiger partial charge is 0.309 e. The lowest BCUT2D eigenvalue weighted by molar-refractivity contribution is -0.155. The lowest BCUT2D eigenvalue weighted by Crippen LogP contribution is -2.28. The quantitative estimate of drug-likeness (QED) is 0.447. The third-order valence-corrected chi connectivity index (χ3v) is 1.98. The Kier molecular flexibility index (Phi) is 2.69. The Balaban J connectivity index is 2.46. The van der Waals surface area contributed by atoms with Crippen molar-refractivity contribution >= 4 is 5.97 Å². The number of hydrogen-bond donors (Lipinski definition) is 0. The van der Waals surface area contributed by atoms with Gasteiger partial charge in [-0.2, -0.15) is 0 Å². The highest BCUT2D eigenvalue weighted by atomic mass is 16.5. The van der Waals surface area contributed by atoms with Crippen molar-refractivity contribution < 1.29 is 9.53 Å². The maximum Gasteiger partial charge on any atom is 0.309 e. The van der Waals surface area contributed by atoms with Gasteiger partial charge in [0.25, 0.3) is 0 Å². The molecule has 0 saturated carbocycles. The summed E-state index contributed by atoms with van der Waals surface area (Å²) in [6.07, 6.45) is 3.48. The molecule has 62 valence electrons. The van der Waals surface area contributed by atoms with Crippen molar-refractivity contribution in [1.82, 2.24) is 0 Å². The second-order valence-electron chi connectivity index (χ2n) is 3.19. The monoisotopic (exact) mass is 154 g/mol. The van der Waals surface area contributed by atoms with Crippen molar-refractivity contribution in [3.63, 3.8) is 0 Å². The van der Waals surface area contributed by atoms with Crippen LogP contribution < -0.4 is 0 Å². The van der Waals surface area contributed by atoms with E-state index in [1.165, 1.54) is 0 Å². The molecule has 1 fully saturated rings. The minimum atomic E-state index is -0.0528. The first-order valence-corrected chi connectivity index (χ1v) is 4.01. The first-order chi connectivity index (χ1) is 5.24. The molecule has 0 aromatic carbocycles. The van der Waals surface area contributed by atoms with Gasteiger partial charge >= 0.3 is 5.97 Å². The minimum absolute atomic E-state index is 0.0528. The lowest BCUT2D eigenvalue weighted by Gasteiger charge is -2.24. The molecule has 1 unspecified atom stereocenters. The molecule has 1 rings (SSSR count). The van der Waals surface area contributed by atoms with Gasteiger partial charge in [0, 0.05) is 0 Å². The summed E-state index contributed by atoms with van der Waals surface area (Å²) in [5.41, 5.74) is 0. The molecule has 1 heterocycles. The van der Waals surface area contributed by atoms with Gasteiger partial charge in [0.1, 0.15) is 0 Å². The van der Waals surface area contributed by atoms with Crippen molar-refractivity contribution in [3.05, 3.63) is 12.7 Å².